The molecule has 0 bridgehead atoms. The van der Waals surface area contributed by atoms with Crippen molar-refractivity contribution in [2.24, 2.45) is 0 Å². The largest absolute Gasteiger partial charge is 0.435 e. The summed E-state index contributed by atoms with van der Waals surface area (Å²) in [4.78, 5) is 18.5. The second kappa shape index (κ2) is 7.03. The van der Waals surface area contributed by atoms with Gasteiger partial charge in [-0.25, -0.2) is 8.42 Å². The molecule has 1 saturated heterocycles. The molecule has 1 fully saturated rings. The van der Waals surface area contributed by atoms with Crippen LogP contribution in [0.1, 0.15) is 33.2 Å². The van der Waals surface area contributed by atoms with E-state index in [4.69, 9.17) is 0 Å². The van der Waals surface area contributed by atoms with Gasteiger partial charge in [0.25, 0.3) is 5.91 Å². The van der Waals surface area contributed by atoms with Crippen LogP contribution in [0.3, 0.4) is 0 Å². The van der Waals surface area contributed by atoms with Crippen molar-refractivity contribution >= 4 is 15.9 Å². The van der Waals surface area contributed by atoms with E-state index < -0.39 is 16.6 Å². The van der Waals surface area contributed by atoms with Gasteiger partial charge < -0.3 is 9.64 Å². The summed E-state index contributed by atoms with van der Waals surface area (Å²) in [6.45, 7) is 0.908. The standard InChI is InChI=1S/C19H19F2N3O4S/c1-11-7-13(28-19(20)21)3-4-17(11)29(26,27)23-5-6-24-16(10-23)14-8-12(2)22-9-15(14)18(24)25/h3-4,7-9,16,19H,5-6,10H2,1-2H3. The zero-order valence-electron chi connectivity index (χ0n) is 15.8. The lowest BCUT2D eigenvalue weighted by Gasteiger charge is -2.37. The number of pyridine rings is 1. The quantitative estimate of drug-likeness (QED) is 0.755. The van der Waals surface area contributed by atoms with Gasteiger partial charge in [-0.15, -0.1) is 0 Å². The second-order valence-electron chi connectivity index (χ2n) is 7.10. The van der Waals surface area contributed by atoms with Crippen LogP contribution in [0.4, 0.5) is 8.78 Å². The van der Waals surface area contributed by atoms with Crippen LogP contribution in [-0.2, 0) is 10.0 Å². The number of amides is 1. The van der Waals surface area contributed by atoms with Gasteiger partial charge in [0.05, 0.1) is 16.5 Å². The van der Waals surface area contributed by atoms with Crippen LogP contribution >= 0.6 is 0 Å². The lowest BCUT2D eigenvalue weighted by atomic mass is 10.1. The number of hydrogen-bond acceptors (Lipinski definition) is 5. The minimum absolute atomic E-state index is 0.0306. The fourth-order valence-electron chi connectivity index (χ4n) is 3.90. The normalized spacial score (nSPS) is 19.4. The maximum atomic E-state index is 13.2. The van der Waals surface area contributed by atoms with Gasteiger partial charge >= 0.3 is 6.61 Å². The molecule has 2 aliphatic rings. The predicted octanol–water partition coefficient (Wildman–Crippen LogP) is 2.50. The number of carbonyl (C=O) groups excluding carboxylic acids is 1. The highest BCUT2D eigenvalue weighted by Gasteiger charge is 2.43. The fourth-order valence-corrected chi connectivity index (χ4v) is 5.55. The molecule has 10 heteroatoms. The fraction of sp³-hybridized carbons (Fsp3) is 0.368. The van der Waals surface area contributed by atoms with Gasteiger partial charge in [0.1, 0.15) is 5.75 Å². The molecule has 1 aromatic heterocycles. The molecule has 29 heavy (non-hydrogen) atoms. The van der Waals surface area contributed by atoms with Crippen LogP contribution < -0.4 is 4.74 Å². The minimum Gasteiger partial charge on any atom is -0.435 e. The van der Waals surface area contributed by atoms with E-state index in [0.717, 1.165) is 11.3 Å². The number of ether oxygens (including phenoxy) is 1. The Labute approximate surface area is 167 Å². The topological polar surface area (TPSA) is 79.8 Å². The number of piperazine rings is 1. The van der Waals surface area contributed by atoms with Gasteiger partial charge in [0.2, 0.25) is 10.0 Å². The van der Waals surface area contributed by atoms with Crippen molar-refractivity contribution in [2.45, 2.75) is 31.4 Å². The number of hydrogen-bond donors (Lipinski definition) is 0. The second-order valence-corrected chi connectivity index (χ2v) is 9.00. The summed E-state index contributed by atoms with van der Waals surface area (Å²) < 4.78 is 56.9. The molecule has 154 valence electrons. The SMILES string of the molecule is Cc1cc2c(cn1)C(=O)N1CCN(S(=O)(=O)c3ccc(OC(F)F)cc3C)CC21. The lowest BCUT2D eigenvalue weighted by Crippen LogP contribution is -2.49. The van der Waals surface area contributed by atoms with E-state index in [9.17, 15) is 22.0 Å². The Morgan fingerprint density at radius 3 is 2.66 bits per heavy atom. The molecule has 0 spiro atoms. The summed E-state index contributed by atoms with van der Waals surface area (Å²) in [6, 6.07) is 5.21. The van der Waals surface area contributed by atoms with Crippen molar-refractivity contribution in [3.63, 3.8) is 0 Å². The van der Waals surface area contributed by atoms with Gasteiger partial charge in [-0.05, 0) is 49.2 Å². The Kier molecular flexibility index (Phi) is 4.78. The van der Waals surface area contributed by atoms with Gasteiger partial charge in [-0.3, -0.25) is 9.78 Å². The molecule has 1 amide bonds. The minimum atomic E-state index is -3.87. The Morgan fingerprint density at radius 2 is 1.97 bits per heavy atom. The molecule has 0 aliphatic carbocycles. The zero-order valence-corrected chi connectivity index (χ0v) is 16.6. The summed E-state index contributed by atoms with van der Waals surface area (Å²) >= 11 is 0. The summed E-state index contributed by atoms with van der Waals surface area (Å²) in [7, 11) is -3.87. The first-order valence-electron chi connectivity index (χ1n) is 9.01. The number of halogens is 2. The van der Waals surface area contributed by atoms with E-state index in [2.05, 4.69) is 9.72 Å². The van der Waals surface area contributed by atoms with Crippen LogP contribution in [0.15, 0.2) is 35.4 Å². The first-order valence-corrected chi connectivity index (χ1v) is 10.5. The molecule has 1 atom stereocenters. The van der Waals surface area contributed by atoms with E-state index >= 15 is 0 Å². The molecular formula is C19H19F2N3O4S. The number of sulfonamides is 1. The highest BCUT2D eigenvalue weighted by atomic mass is 32.2. The lowest BCUT2D eigenvalue weighted by molar-refractivity contribution is -0.0499. The van der Waals surface area contributed by atoms with E-state index in [1.807, 2.05) is 13.0 Å². The molecule has 1 aromatic carbocycles. The highest BCUT2D eigenvalue weighted by molar-refractivity contribution is 7.89. The van der Waals surface area contributed by atoms with Crippen LogP contribution in [0.25, 0.3) is 0 Å². The third-order valence-corrected chi connectivity index (χ3v) is 7.28. The van der Waals surface area contributed by atoms with Crippen molar-refractivity contribution in [1.29, 1.82) is 0 Å². The van der Waals surface area contributed by atoms with Crippen molar-refractivity contribution in [3.05, 3.63) is 52.8 Å². The van der Waals surface area contributed by atoms with Crippen LogP contribution in [0, 0.1) is 13.8 Å². The molecule has 0 radical (unpaired) electrons. The molecule has 2 aromatic rings. The number of aromatic nitrogens is 1. The first-order chi connectivity index (χ1) is 13.7. The van der Waals surface area contributed by atoms with Crippen molar-refractivity contribution in [3.8, 4) is 5.75 Å². The molecule has 7 nitrogen and oxygen atoms in total. The number of benzene rings is 1. The van der Waals surface area contributed by atoms with Gasteiger partial charge in [-0.1, -0.05) is 0 Å². The summed E-state index contributed by atoms with van der Waals surface area (Å²) in [5.41, 5.74) is 2.35. The van der Waals surface area contributed by atoms with Crippen LogP contribution in [-0.4, -0.2) is 54.8 Å². The summed E-state index contributed by atoms with van der Waals surface area (Å²) in [5.74, 6) is -0.237. The molecule has 4 rings (SSSR count). The summed E-state index contributed by atoms with van der Waals surface area (Å²) in [6.07, 6.45) is 1.54. The van der Waals surface area contributed by atoms with E-state index in [1.54, 1.807) is 4.90 Å². The van der Waals surface area contributed by atoms with E-state index in [0.29, 0.717) is 11.1 Å². The van der Waals surface area contributed by atoms with Crippen LogP contribution in [0.2, 0.25) is 0 Å². The van der Waals surface area contributed by atoms with Gasteiger partial charge in [0, 0.05) is 31.5 Å². The number of alkyl halides is 2. The van der Waals surface area contributed by atoms with Gasteiger partial charge in [0.15, 0.2) is 0 Å². The summed E-state index contributed by atoms with van der Waals surface area (Å²) in [5, 5.41) is 0. The zero-order chi connectivity index (χ0) is 20.9. The molecule has 0 saturated carbocycles. The van der Waals surface area contributed by atoms with E-state index in [-0.39, 0.29) is 42.2 Å². The molecule has 0 N–H and O–H groups in total. The maximum absolute atomic E-state index is 13.2. The Hall–Kier alpha value is -2.59. The number of rotatable bonds is 4. The average molecular weight is 423 g/mol. The van der Waals surface area contributed by atoms with Crippen molar-refractivity contribution in [2.75, 3.05) is 19.6 Å². The molecular weight excluding hydrogens is 404 g/mol. The third kappa shape index (κ3) is 3.36. The predicted molar refractivity (Wildman–Crippen MR) is 99.3 cm³/mol. The monoisotopic (exact) mass is 423 g/mol. The highest BCUT2D eigenvalue weighted by Crippen LogP contribution is 2.38. The number of fused-ring (bicyclic) bond motifs is 3. The van der Waals surface area contributed by atoms with Crippen LogP contribution in [0.5, 0.6) is 5.75 Å². The molecule has 2 aliphatic heterocycles. The van der Waals surface area contributed by atoms with Crippen molar-refractivity contribution in [1.82, 2.24) is 14.2 Å². The third-order valence-electron chi connectivity index (χ3n) is 5.26. The van der Waals surface area contributed by atoms with Gasteiger partial charge in [-0.2, -0.15) is 13.1 Å². The Bertz CT molecular complexity index is 1090. The Balaban J connectivity index is 1.64. The van der Waals surface area contributed by atoms with Crippen molar-refractivity contribution < 1.29 is 26.7 Å². The Morgan fingerprint density at radius 1 is 1.21 bits per heavy atom. The molecule has 1 unspecified atom stereocenters. The number of nitrogens with zero attached hydrogens (tertiary/aromatic N) is 3. The smallest absolute Gasteiger partial charge is 0.387 e. The first kappa shape index (κ1) is 19.7. The average Bonchev–Trinajstić information content (AvgIpc) is 2.92. The molecule has 3 heterocycles. The maximum Gasteiger partial charge on any atom is 0.387 e. The number of carbonyl (C=O) groups is 1. The number of aryl methyl sites for hydroxylation is 2. The van der Waals surface area contributed by atoms with E-state index in [1.165, 1.54) is 35.6 Å².